The van der Waals surface area contributed by atoms with Gasteiger partial charge in [0, 0.05) is 6.42 Å². The van der Waals surface area contributed by atoms with E-state index in [1.807, 2.05) is 0 Å². The van der Waals surface area contributed by atoms with Crippen LogP contribution in [-0.2, 0) is 51.9 Å². The van der Waals surface area contributed by atoms with Crippen LogP contribution in [0.2, 0.25) is 19.6 Å². The highest BCUT2D eigenvalue weighted by atomic mass is 28.4. The van der Waals surface area contributed by atoms with E-state index in [0.717, 1.165) is 12.8 Å². The first-order valence-electron chi connectivity index (χ1n) is 15.4. The predicted molar refractivity (Wildman–Crippen MR) is 160 cm³/mol. The van der Waals surface area contributed by atoms with Gasteiger partial charge in [-0.05, 0) is 26.1 Å². The van der Waals surface area contributed by atoms with Crippen molar-refractivity contribution in [2.24, 2.45) is 0 Å². The smallest absolute Gasteiger partial charge is 0.305 e. The molecule has 0 saturated carbocycles. The van der Waals surface area contributed by atoms with Crippen LogP contribution in [0, 0.1) is 0 Å². The number of hydrogen-bond donors (Lipinski definition) is 0. The fourth-order valence-electron chi connectivity index (χ4n) is 3.21. The number of carbonyl (C=O) groups excluding carboxylic acids is 1. The van der Waals surface area contributed by atoms with Crippen LogP contribution in [0.4, 0.5) is 0 Å². The zero-order valence-corrected chi connectivity index (χ0v) is 27.5. The van der Waals surface area contributed by atoms with Crippen molar-refractivity contribution in [2.75, 3.05) is 119 Å². The fourth-order valence-corrected chi connectivity index (χ4v) is 3.90. The molecule has 12 heteroatoms. The Morgan fingerprint density at radius 3 is 1.10 bits per heavy atom. The summed E-state index contributed by atoms with van der Waals surface area (Å²) in [5.74, 6) is -0.144. The van der Waals surface area contributed by atoms with Crippen molar-refractivity contribution in [1.82, 2.24) is 0 Å². The van der Waals surface area contributed by atoms with Gasteiger partial charge in [0.05, 0.1) is 112 Å². The third kappa shape index (κ3) is 37.3. The summed E-state index contributed by atoms with van der Waals surface area (Å²) in [7, 11) is -1.45. The van der Waals surface area contributed by atoms with Crippen LogP contribution < -0.4 is 0 Å². The number of esters is 1. The predicted octanol–water partition coefficient (Wildman–Crippen LogP) is 3.87. The van der Waals surface area contributed by atoms with Gasteiger partial charge in [-0.15, -0.1) is 0 Å². The Bertz CT molecular complexity index is 535. The topological polar surface area (TPSA) is 109 Å². The van der Waals surface area contributed by atoms with E-state index >= 15 is 0 Å². The molecule has 0 aliphatic carbocycles. The fraction of sp³-hybridized carbons (Fsp3) is 0.966. The Hall–Kier alpha value is -0.673. The maximum Gasteiger partial charge on any atom is 0.305 e. The minimum Gasteiger partial charge on any atom is -0.463 e. The molecule has 0 aromatic heterocycles. The summed E-state index contributed by atoms with van der Waals surface area (Å²) in [6.07, 6.45) is 6.10. The molecule has 0 spiro atoms. The number of rotatable bonds is 34. The van der Waals surface area contributed by atoms with Crippen LogP contribution in [0.1, 0.15) is 45.4 Å². The number of carbonyl (C=O) groups is 1. The van der Waals surface area contributed by atoms with Crippen molar-refractivity contribution < 1.29 is 51.9 Å². The molecule has 0 amide bonds. The summed E-state index contributed by atoms with van der Waals surface area (Å²) in [6, 6.07) is 0. The third-order valence-corrected chi connectivity index (χ3v) is 6.41. The molecule has 0 unspecified atom stereocenters. The minimum atomic E-state index is -1.45. The third-order valence-electron chi connectivity index (χ3n) is 5.34. The van der Waals surface area contributed by atoms with Crippen molar-refractivity contribution in [2.45, 2.75) is 65.1 Å². The van der Waals surface area contributed by atoms with Gasteiger partial charge in [-0.2, -0.15) is 0 Å². The van der Waals surface area contributed by atoms with E-state index < -0.39 is 8.32 Å². The van der Waals surface area contributed by atoms with Gasteiger partial charge in [-0.3, -0.25) is 4.79 Å². The number of hydrogen-bond acceptors (Lipinski definition) is 11. The molecule has 0 heterocycles. The zero-order valence-electron chi connectivity index (χ0n) is 26.5. The molecule has 41 heavy (non-hydrogen) atoms. The second-order valence-corrected chi connectivity index (χ2v) is 14.8. The van der Waals surface area contributed by atoms with E-state index in [1.165, 1.54) is 19.3 Å². The van der Waals surface area contributed by atoms with E-state index in [1.54, 1.807) is 0 Å². The molecule has 0 N–H and O–H groups in total. The highest BCUT2D eigenvalue weighted by molar-refractivity contribution is 6.69. The molecule has 11 nitrogen and oxygen atoms in total. The Morgan fingerprint density at radius 2 is 0.756 bits per heavy atom. The lowest BCUT2D eigenvalue weighted by Gasteiger charge is -2.16. The van der Waals surface area contributed by atoms with E-state index in [2.05, 4.69) is 26.6 Å². The van der Waals surface area contributed by atoms with E-state index in [4.69, 9.17) is 47.1 Å². The Labute approximate surface area is 250 Å². The molecule has 0 aromatic rings. The van der Waals surface area contributed by atoms with Crippen LogP contribution in [0.15, 0.2) is 0 Å². The summed E-state index contributed by atoms with van der Waals surface area (Å²) >= 11 is 0. The molecule has 0 rings (SSSR count). The zero-order chi connectivity index (χ0) is 30.1. The Morgan fingerprint density at radius 1 is 0.439 bits per heavy atom. The Kier molecular flexibility index (Phi) is 31.7. The van der Waals surface area contributed by atoms with E-state index in [9.17, 15) is 4.79 Å². The molecule has 246 valence electrons. The Balaban J connectivity index is 3.10. The van der Waals surface area contributed by atoms with E-state index in [0.29, 0.717) is 119 Å². The van der Waals surface area contributed by atoms with Gasteiger partial charge >= 0.3 is 5.97 Å². The highest BCUT2D eigenvalue weighted by Crippen LogP contribution is 2.05. The lowest BCUT2D eigenvalue weighted by atomic mass is 10.1. The highest BCUT2D eigenvalue weighted by Gasteiger charge is 2.13. The summed E-state index contributed by atoms with van der Waals surface area (Å²) in [6.45, 7) is 17.8. The standard InChI is InChI=1S/C29H60O11Si/c1-5-6-7-8-9-10-29(30)39-27-25-37-23-21-35-19-17-33-15-13-31-11-12-32-14-16-34-18-20-36-22-24-38-26-28-40-41(2,3)4/h5-28H2,1-4H3. The van der Waals surface area contributed by atoms with Crippen LogP contribution in [0.25, 0.3) is 0 Å². The lowest BCUT2D eigenvalue weighted by molar-refractivity contribution is -0.145. The van der Waals surface area contributed by atoms with Crippen molar-refractivity contribution in [3.63, 3.8) is 0 Å². The number of unbranched alkanes of at least 4 members (excludes halogenated alkanes) is 4. The first kappa shape index (κ1) is 40.3. The second kappa shape index (κ2) is 32.2. The van der Waals surface area contributed by atoms with Gasteiger partial charge < -0.3 is 47.1 Å². The SMILES string of the molecule is CCCCCCCC(=O)OCCOCCOCCOCCOCCOCCOCCOCCOCCO[Si](C)(C)C. The molecule has 0 fully saturated rings. The summed E-state index contributed by atoms with van der Waals surface area (Å²) in [5, 5.41) is 0. The van der Waals surface area contributed by atoms with Gasteiger partial charge in [0.1, 0.15) is 6.61 Å². The molecule has 0 aliphatic heterocycles. The van der Waals surface area contributed by atoms with Gasteiger partial charge in [-0.25, -0.2) is 0 Å². The van der Waals surface area contributed by atoms with Crippen LogP contribution in [-0.4, -0.2) is 133 Å². The van der Waals surface area contributed by atoms with Gasteiger partial charge in [0.25, 0.3) is 0 Å². The summed E-state index contributed by atoms with van der Waals surface area (Å²) in [5.41, 5.74) is 0. The molecule has 0 atom stereocenters. The second-order valence-electron chi connectivity index (χ2n) is 10.2. The summed E-state index contributed by atoms with van der Waals surface area (Å²) < 4.78 is 54.5. The van der Waals surface area contributed by atoms with Crippen molar-refractivity contribution in [3.05, 3.63) is 0 Å². The van der Waals surface area contributed by atoms with Gasteiger partial charge in [0.2, 0.25) is 0 Å². The lowest BCUT2D eigenvalue weighted by Crippen LogP contribution is -2.27. The van der Waals surface area contributed by atoms with Gasteiger partial charge in [-0.1, -0.05) is 32.6 Å². The average Bonchev–Trinajstić information content (AvgIpc) is 2.93. The minimum absolute atomic E-state index is 0.144. The van der Waals surface area contributed by atoms with Crippen LogP contribution in [0.5, 0.6) is 0 Å². The first-order valence-corrected chi connectivity index (χ1v) is 18.8. The molecular formula is C29H60O11Si. The average molecular weight is 613 g/mol. The maximum atomic E-state index is 11.6. The largest absolute Gasteiger partial charge is 0.463 e. The van der Waals surface area contributed by atoms with Crippen LogP contribution >= 0.6 is 0 Å². The molecule has 0 radical (unpaired) electrons. The van der Waals surface area contributed by atoms with Crippen molar-refractivity contribution in [3.8, 4) is 0 Å². The maximum absolute atomic E-state index is 11.6. The monoisotopic (exact) mass is 612 g/mol. The molecule has 0 aromatic carbocycles. The number of ether oxygens (including phenoxy) is 9. The quantitative estimate of drug-likeness (QED) is 0.0600. The van der Waals surface area contributed by atoms with Crippen LogP contribution in [0.3, 0.4) is 0 Å². The van der Waals surface area contributed by atoms with E-state index in [-0.39, 0.29) is 12.6 Å². The molecular weight excluding hydrogens is 552 g/mol. The van der Waals surface area contributed by atoms with Crippen molar-refractivity contribution in [1.29, 1.82) is 0 Å². The molecule has 0 saturated heterocycles. The first-order chi connectivity index (χ1) is 20.0. The van der Waals surface area contributed by atoms with Gasteiger partial charge in [0.15, 0.2) is 8.32 Å². The molecule has 0 aliphatic rings. The summed E-state index contributed by atoms with van der Waals surface area (Å²) in [4.78, 5) is 11.6. The molecule has 0 bridgehead atoms. The normalized spacial score (nSPS) is 11.8. The van der Waals surface area contributed by atoms with Crippen molar-refractivity contribution >= 4 is 14.3 Å².